The lowest BCUT2D eigenvalue weighted by Gasteiger charge is -2.31. The molecule has 0 saturated heterocycles. The van der Waals surface area contributed by atoms with Crippen molar-refractivity contribution >= 4 is 40.0 Å². The van der Waals surface area contributed by atoms with Crippen LogP contribution in [0.2, 0.25) is 10.0 Å². The first-order valence-electron chi connectivity index (χ1n) is 10.6. The summed E-state index contributed by atoms with van der Waals surface area (Å²) in [4.78, 5) is 6.72. The summed E-state index contributed by atoms with van der Waals surface area (Å²) in [6, 6.07) is 14.0. The Hall–Kier alpha value is -2.37. The van der Waals surface area contributed by atoms with Gasteiger partial charge in [0.2, 0.25) is 0 Å². The number of anilines is 1. The molecule has 0 unspecified atom stereocenters. The van der Waals surface area contributed by atoms with Crippen molar-refractivity contribution in [1.82, 2.24) is 4.98 Å². The van der Waals surface area contributed by atoms with Crippen LogP contribution < -0.4 is 4.90 Å². The molecule has 0 saturated carbocycles. The maximum atomic E-state index is 6.54. The molecule has 3 aromatic rings. The minimum Gasteiger partial charge on any atom is -0.374 e. The summed E-state index contributed by atoms with van der Waals surface area (Å²) in [6.07, 6.45) is 4.09. The second kappa shape index (κ2) is 8.53. The van der Waals surface area contributed by atoms with Crippen molar-refractivity contribution in [1.29, 1.82) is 0 Å². The summed E-state index contributed by atoms with van der Waals surface area (Å²) in [5, 5.41) is 1.35. The molecule has 0 spiro atoms. The number of methoxy groups -OCH3 is 2. The molecular weight excluding hydrogens is 443 g/mol. The Kier molecular flexibility index (Phi) is 5.72. The summed E-state index contributed by atoms with van der Waals surface area (Å²) < 4.78 is 12.0. The van der Waals surface area contributed by atoms with E-state index in [0.717, 1.165) is 52.0 Å². The number of fused-ring (bicyclic) bond motifs is 3. The highest BCUT2D eigenvalue weighted by atomic mass is 35.5. The van der Waals surface area contributed by atoms with Crippen molar-refractivity contribution in [3.05, 3.63) is 92.7 Å². The maximum absolute atomic E-state index is 6.54. The maximum Gasteiger partial charge on any atom is 0.113 e. The summed E-state index contributed by atoms with van der Waals surface area (Å²) in [6.45, 7) is 0.906. The standard InChI is InChI=1S/C26H24Cl2N2O2/c1-30-11-9-17(22-14-29-10-8-23(22)30)24-20-12-15(27)4-6-18(20)25(31-2)26(32-3)19-7-5-16(28)13-21(19)24/h4-8,10,12-14,25-26H,9,11H2,1-3H3/t25-,26-/m0/s1. The van der Waals surface area contributed by atoms with Gasteiger partial charge in [-0.25, -0.2) is 0 Å². The lowest BCUT2D eigenvalue weighted by molar-refractivity contribution is -0.0393. The van der Waals surface area contributed by atoms with Crippen LogP contribution in [0.25, 0.3) is 11.1 Å². The zero-order chi connectivity index (χ0) is 22.4. The second-order valence-corrected chi connectivity index (χ2v) is 9.07. The van der Waals surface area contributed by atoms with Crippen LogP contribution in [0.1, 0.15) is 46.4 Å². The van der Waals surface area contributed by atoms with Crippen molar-refractivity contribution < 1.29 is 9.47 Å². The lowest BCUT2D eigenvalue weighted by Crippen LogP contribution is -2.24. The normalized spacial score (nSPS) is 19.8. The van der Waals surface area contributed by atoms with Gasteiger partial charge in [0.05, 0.1) is 0 Å². The van der Waals surface area contributed by atoms with Crippen molar-refractivity contribution in [2.75, 3.05) is 32.7 Å². The third-order valence-corrected chi connectivity index (χ3v) is 6.97. The van der Waals surface area contributed by atoms with Gasteiger partial charge >= 0.3 is 0 Å². The van der Waals surface area contributed by atoms with Crippen LogP contribution in [0.3, 0.4) is 0 Å². The highest BCUT2D eigenvalue weighted by Crippen LogP contribution is 2.50. The molecule has 0 bridgehead atoms. The molecule has 4 nitrogen and oxygen atoms in total. The average Bonchev–Trinajstić information content (AvgIpc) is 2.91. The molecule has 6 heteroatoms. The van der Waals surface area contributed by atoms with Gasteiger partial charge in [-0.15, -0.1) is 0 Å². The van der Waals surface area contributed by atoms with Crippen molar-refractivity contribution in [2.45, 2.75) is 18.6 Å². The molecule has 0 fully saturated rings. The van der Waals surface area contributed by atoms with Gasteiger partial charge in [-0.2, -0.15) is 0 Å². The highest BCUT2D eigenvalue weighted by Gasteiger charge is 2.36. The summed E-state index contributed by atoms with van der Waals surface area (Å²) in [7, 11) is 5.56. The zero-order valence-electron chi connectivity index (χ0n) is 18.2. The van der Waals surface area contributed by atoms with E-state index in [0.29, 0.717) is 10.0 Å². The number of halogens is 2. The molecule has 2 aromatic carbocycles. The first-order chi connectivity index (χ1) is 15.5. The molecule has 1 aliphatic carbocycles. The highest BCUT2D eigenvalue weighted by molar-refractivity contribution is 6.31. The number of hydrogen-bond acceptors (Lipinski definition) is 4. The minimum absolute atomic E-state index is 0.287. The Morgan fingerprint density at radius 3 is 2.03 bits per heavy atom. The van der Waals surface area contributed by atoms with Crippen LogP contribution in [-0.2, 0) is 9.47 Å². The van der Waals surface area contributed by atoms with Gasteiger partial charge in [0.25, 0.3) is 0 Å². The van der Waals surface area contributed by atoms with Gasteiger partial charge in [-0.3, -0.25) is 4.98 Å². The molecule has 0 radical (unpaired) electrons. The van der Waals surface area contributed by atoms with Gasteiger partial charge in [0.15, 0.2) is 0 Å². The first kappa shape index (κ1) is 21.5. The van der Waals surface area contributed by atoms with E-state index in [1.807, 2.05) is 48.8 Å². The van der Waals surface area contributed by atoms with E-state index >= 15 is 0 Å². The van der Waals surface area contributed by atoms with E-state index < -0.39 is 0 Å². The van der Waals surface area contributed by atoms with E-state index in [4.69, 9.17) is 32.7 Å². The molecule has 5 rings (SSSR count). The molecule has 0 N–H and O–H groups in total. The van der Waals surface area contributed by atoms with E-state index in [1.165, 1.54) is 5.57 Å². The first-order valence-corrected chi connectivity index (χ1v) is 11.3. The Morgan fingerprint density at radius 2 is 1.47 bits per heavy atom. The van der Waals surface area contributed by atoms with E-state index in [-0.39, 0.29) is 12.2 Å². The van der Waals surface area contributed by atoms with Crippen LogP contribution in [0, 0.1) is 0 Å². The van der Waals surface area contributed by atoms with Crippen LogP contribution in [-0.4, -0.2) is 32.8 Å². The fourth-order valence-electron chi connectivity index (χ4n) is 5.03. The van der Waals surface area contributed by atoms with E-state index in [1.54, 1.807) is 14.2 Å². The molecule has 32 heavy (non-hydrogen) atoms. The number of aromatic nitrogens is 1. The van der Waals surface area contributed by atoms with Crippen molar-refractivity contribution in [2.24, 2.45) is 0 Å². The number of ether oxygens (including phenoxy) is 2. The van der Waals surface area contributed by atoms with Gasteiger partial charge < -0.3 is 14.4 Å². The minimum atomic E-state index is -0.287. The Morgan fingerprint density at radius 1 is 0.875 bits per heavy atom. The van der Waals surface area contributed by atoms with Gasteiger partial charge in [-0.1, -0.05) is 35.3 Å². The van der Waals surface area contributed by atoms with E-state index in [9.17, 15) is 0 Å². The number of benzene rings is 2. The third kappa shape index (κ3) is 3.43. The Bertz CT molecular complexity index is 1160. The molecule has 1 aromatic heterocycles. The molecule has 0 amide bonds. The van der Waals surface area contributed by atoms with Crippen molar-refractivity contribution in [3.8, 4) is 0 Å². The second-order valence-electron chi connectivity index (χ2n) is 8.19. The summed E-state index contributed by atoms with van der Waals surface area (Å²) >= 11 is 13.1. The van der Waals surface area contributed by atoms with Crippen LogP contribution in [0.15, 0.2) is 54.9 Å². The predicted molar refractivity (Wildman–Crippen MR) is 130 cm³/mol. The van der Waals surface area contributed by atoms with Crippen LogP contribution in [0.4, 0.5) is 5.69 Å². The molecule has 2 heterocycles. The Balaban J connectivity index is 1.94. The quantitative estimate of drug-likeness (QED) is 0.427. The predicted octanol–water partition coefficient (Wildman–Crippen LogP) is 6.58. The summed E-state index contributed by atoms with van der Waals surface area (Å²) in [5.41, 5.74) is 8.80. The molecular formula is C26H24Cl2N2O2. The SMILES string of the molecule is CO[C@H]1c2ccc(Cl)cc2C(=C2CCN(C)c3ccncc32)c2cc(Cl)ccc2[C@@H]1OC. The van der Waals surface area contributed by atoms with Crippen LogP contribution >= 0.6 is 23.2 Å². The molecule has 1 aliphatic heterocycles. The monoisotopic (exact) mass is 466 g/mol. The lowest BCUT2D eigenvalue weighted by atomic mass is 9.84. The largest absolute Gasteiger partial charge is 0.374 e. The van der Waals surface area contributed by atoms with E-state index in [2.05, 4.69) is 23.0 Å². The number of rotatable bonds is 2. The Labute approximate surface area is 198 Å². The molecule has 2 aliphatic rings. The summed E-state index contributed by atoms with van der Waals surface area (Å²) in [5.74, 6) is 0. The molecule has 164 valence electrons. The number of pyridine rings is 1. The van der Waals surface area contributed by atoms with Crippen LogP contribution in [0.5, 0.6) is 0 Å². The zero-order valence-corrected chi connectivity index (χ0v) is 19.7. The fourth-order valence-corrected chi connectivity index (χ4v) is 5.37. The topological polar surface area (TPSA) is 34.6 Å². The van der Waals surface area contributed by atoms with Gasteiger partial charge in [-0.05, 0) is 70.2 Å². The van der Waals surface area contributed by atoms with Crippen molar-refractivity contribution in [3.63, 3.8) is 0 Å². The fraction of sp³-hybridized carbons (Fsp3) is 0.269. The molecule has 2 atom stereocenters. The number of hydrogen-bond donors (Lipinski definition) is 0. The number of nitrogens with zero attached hydrogens (tertiary/aromatic N) is 2. The average molecular weight is 467 g/mol. The van der Waals surface area contributed by atoms with Gasteiger partial charge in [0.1, 0.15) is 12.2 Å². The third-order valence-electron chi connectivity index (χ3n) is 6.50. The smallest absolute Gasteiger partial charge is 0.113 e. The van der Waals surface area contributed by atoms with Gasteiger partial charge in [0, 0.05) is 61.5 Å².